The molecule has 2 N–H and O–H groups in total. The van der Waals surface area contributed by atoms with Crippen LogP contribution in [0.5, 0.6) is 0 Å². The first-order chi connectivity index (χ1) is 15.4. The zero-order valence-electron chi connectivity index (χ0n) is 18.6. The Morgan fingerprint density at radius 3 is 2.44 bits per heavy atom. The van der Waals surface area contributed by atoms with Crippen LogP contribution in [0.2, 0.25) is 0 Å². The van der Waals surface area contributed by atoms with Crippen LogP contribution in [0.25, 0.3) is 11.1 Å². The van der Waals surface area contributed by atoms with E-state index in [0.717, 1.165) is 24.0 Å². The van der Waals surface area contributed by atoms with Gasteiger partial charge in [-0.3, -0.25) is 14.4 Å². The lowest BCUT2D eigenvalue weighted by molar-refractivity contribution is -0.131. The summed E-state index contributed by atoms with van der Waals surface area (Å²) in [4.78, 5) is 38.6. The predicted octanol–water partition coefficient (Wildman–Crippen LogP) is 3.50. The van der Waals surface area contributed by atoms with Crippen molar-refractivity contribution < 1.29 is 19.1 Å². The molecule has 4 rings (SSSR count). The minimum Gasteiger partial charge on any atom is -0.367 e. The number of carbonyl (C=O) groups is 3. The van der Waals surface area contributed by atoms with E-state index in [1.807, 2.05) is 56.3 Å². The van der Waals surface area contributed by atoms with Gasteiger partial charge < -0.3 is 15.4 Å². The summed E-state index contributed by atoms with van der Waals surface area (Å²) < 4.78 is 5.60. The molecule has 1 aliphatic heterocycles. The Morgan fingerprint density at radius 2 is 1.75 bits per heavy atom. The van der Waals surface area contributed by atoms with Gasteiger partial charge in [-0.15, -0.1) is 0 Å². The summed E-state index contributed by atoms with van der Waals surface area (Å²) in [5, 5.41) is 5.85. The van der Waals surface area contributed by atoms with E-state index in [-0.39, 0.29) is 36.2 Å². The molecule has 2 aromatic rings. The number of hydrogen-bond donors (Lipinski definition) is 2. The predicted molar refractivity (Wildman–Crippen MR) is 122 cm³/mol. The molecular weight excluding hydrogens is 404 g/mol. The second kappa shape index (κ2) is 9.25. The highest BCUT2D eigenvalue weighted by molar-refractivity contribution is 6.00. The number of Topliss-reactive ketones (excluding diaryl/α,β-unsaturated/α-hetero) is 1. The van der Waals surface area contributed by atoms with Gasteiger partial charge >= 0.3 is 0 Å². The van der Waals surface area contributed by atoms with Crippen molar-refractivity contribution in [2.24, 2.45) is 5.92 Å². The van der Waals surface area contributed by atoms with Gasteiger partial charge in [0.1, 0.15) is 18.2 Å². The molecule has 1 aliphatic carbocycles. The van der Waals surface area contributed by atoms with Crippen LogP contribution in [0.1, 0.15) is 49.9 Å². The summed E-state index contributed by atoms with van der Waals surface area (Å²) in [7, 11) is 0. The molecule has 6 heteroatoms. The minimum atomic E-state index is -0.936. The van der Waals surface area contributed by atoms with Crippen LogP contribution in [-0.4, -0.2) is 41.9 Å². The molecule has 6 nitrogen and oxygen atoms in total. The first-order valence-corrected chi connectivity index (χ1v) is 11.3. The van der Waals surface area contributed by atoms with Gasteiger partial charge in [-0.05, 0) is 54.9 Å². The quantitative estimate of drug-likeness (QED) is 0.699. The Morgan fingerprint density at radius 1 is 1.06 bits per heavy atom. The van der Waals surface area contributed by atoms with E-state index in [4.69, 9.17) is 4.74 Å². The lowest BCUT2D eigenvalue weighted by Crippen LogP contribution is -2.60. The zero-order valence-corrected chi connectivity index (χ0v) is 18.6. The maximum Gasteiger partial charge on any atom is 0.251 e. The molecule has 0 bridgehead atoms. The molecule has 1 saturated carbocycles. The van der Waals surface area contributed by atoms with Gasteiger partial charge in [-0.1, -0.05) is 56.3 Å². The van der Waals surface area contributed by atoms with Gasteiger partial charge in [0.15, 0.2) is 5.78 Å². The third-order valence-corrected chi connectivity index (χ3v) is 6.43. The second-order valence-corrected chi connectivity index (χ2v) is 9.17. The number of carbonyl (C=O) groups excluding carboxylic acids is 3. The Hall–Kier alpha value is -2.99. The summed E-state index contributed by atoms with van der Waals surface area (Å²) in [5.41, 5.74) is 1.65. The first kappa shape index (κ1) is 22.2. The fourth-order valence-electron chi connectivity index (χ4n) is 4.73. The fraction of sp³-hybridized carbons (Fsp3) is 0.423. The van der Waals surface area contributed by atoms with Gasteiger partial charge in [0.25, 0.3) is 5.91 Å². The van der Waals surface area contributed by atoms with E-state index in [0.29, 0.717) is 18.4 Å². The maximum atomic E-state index is 13.2. The summed E-state index contributed by atoms with van der Waals surface area (Å²) in [5.74, 6) is -0.503. The lowest BCUT2D eigenvalue weighted by atomic mass is 9.91. The number of benzene rings is 2. The van der Waals surface area contributed by atoms with Gasteiger partial charge in [-0.2, -0.15) is 0 Å². The summed E-state index contributed by atoms with van der Waals surface area (Å²) in [6.07, 6.45) is 2.41. The molecule has 0 spiro atoms. The standard InChI is InChI=1S/C26H30N2O4/c1-17(2)15-21(25(31)28-26-14-6-9-23(26)32-16-22(26)29)27-24(30)20-12-10-19(11-13-20)18-7-4-3-5-8-18/h3-5,7-8,10-13,17,21,23H,6,9,14-16H2,1-2H3,(H,27,30)(H,28,31). The number of fused-ring (bicyclic) bond motifs is 1. The van der Waals surface area contributed by atoms with Gasteiger partial charge in [0, 0.05) is 5.56 Å². The molecule has 2 aliphatic rings. The average Bonchev–Trinajstić information content (AvgIpc) is 3.33. The average molecular weight is 435 g/mol. The molecular formula is C26H30N2O4. The van der Waals surface area contributed by atoms with Crippen LogP contribution in [0.3, 0.4) is 0 Å². The Kier molecular flexibility index (Phi) is 6.42. The summed E-state index contributed by atoms with van der Waals surface area (Å²) >= 11 is 0. The summed E-state index contributed by atoms with van der Waals surface area (Å²) in [6.45, 7) is 4.04. The number of rotatable bonds is 7. The molecule has 3 atom stereocenters. The number of ketones is 1. The van der Waals surface area contributed by atoms with Crippen LogP contribution in [0, 0.1) is 5.92 Å². The largest absolute Gasteiger partial charge is 0.367 e. The van der Waals surface area contributed by atoms with Gasteiger partial charge in [0.2, 0.25) is 5.91 Å². The Labute approximate surface area is 188 Å². The molecule has 168 valence electrons. The van der Waals surface area contributed by atoms with E-state index in [2.05, 4.69) is 10.6 Å². The normalized spacial score (nSPS) is 23.1. The molecule has 3 unspecified atom stereocenters. The van der Waals surface area contributed by atoms with Crippen molar-refractivity contribution in [2.75, 3.05) is 6.61 Å². The van der Waals surface area contributed by atoms with Crippen molar-refractivity contribution in [1.82, 2.24) is 10.6 Å². The van der Waals surface area contributed by atoms with Crippen molar-refractivity contribution in [3.05, 3.63) is 60.2 Å². The van der Waals surface area contributed by atoms with Crippen LogP contribution < -0.4 is 10.6 Å². The van der Waals surface area contributed by atoms with Gasteiger partial charge in [-0.25, -0.2) is 0 Å². The minimum absolute atomic E-state index is 0.0416. The van der Waals surface area contributed by atoms with E-state index in [1.54, 1.807) is 12.1 Å². The van der Waals surface area contributed by atoms with Crippen molar-refractivity contribution in [1.29, 1.82) is 0 Å². The third-order valence-electron chi connectivity index (χ3n) is 6.43. The van der Waals surface area contributed by atoms with Crippen molar-refractivity contribution in [3.8, 4) is 11.1 Å². The monoisotopic (exact) mass is 434 g/mol. The van der Waals surface area contributed by atoms with E-state index >= 15 is 0 Å². The van der Waals surface area contributed by atoms with E-state index in [1.165, 1.54) is 0 Å². The Balaban J connectivity index is 1.47. The second-order valence-electron chi connectivity index (χ2n) is 9.17. The molecule has 2 amide bonds. The number of ether oxygens (including phenoxy) is 1. The van der Waals surface area contributed by atoms with Crippen LogP contribution in [0.15, 0.2) is 54.6 Å². The molecule has 2 fully saturated rings. The fourth-order valence-corrected chi connectivity index (χ4v) is 4.73. The number of amides is 2. The van der Waals surface area contributed by atoms with E-state index < -0.39 is 11.6 Å². The van der Waals surface area contributed by atoms with Crippen LogP contribution in [0.4, 0.5) is 0 Å². The highest BCUT2D eigenvalue weighted by Gasteiger charge is 2.55. The lowest BCUT2D eigenvalue weighted by Gasteiger charge is -2.30. The highest BCUT2D eigenvalue weighted by Crippen LogP contribution is 2.38. The van der Waals surface area contributed by atoms with Crippen molar-refractivity contribution in [3.63, 3.8) is 0 Å². The van der Waals surface area contributed by atoms with Crippen LogP contribution in [-0.2, 0) is 14.3 Å². The number of hydrogen-bond acceptors (Lipinski definition) is 4. The zero-order chi connectivity index (χ0) is 22.7. The number of nitrogens with one attached hydrogen (secondary N) is 2. The molecule has 1 heterocycles. The smallest absolute Gasteiger partial charge is 0.251 e. The topological polar surface area (TPSA) is 84.5 Å². The summed E-state index contributed by atoms with van der Waals surface area (Å²) in [6, 6.07) is 16.5. The van der Waals surface area contributed by atoms with Crippen molar-refractivity contribution in [2.45, 2.75) is 57.2 Å². The molecule has 32 heavy (non-hydrogen) atoms. The molecule has 0 aromatic heterocycles. The van der Waals surface area contributed by atoms with Crippen molar-refractivity contribution >= 4 is 17.6 Å². The first-order valence-electron chi connectivity index (χ1n) is 11.3. The van der Waals surface area contributed by atoms with E-state index in [9.17, 15) is 14.4 Å². The molecule has 1 saturated heterocycles. The van der Waals surface area contributed by atoms with Crippen LogP contribution >= 0.6 is 0 Å². The molecule has 0 radical (unpaired) electrons. The third kappa shape index (κ3) is 4.46. The van der Waals surface area contributed by atoms with Gasteiger partial charge in [0.05, 0.1) is 6.10 Å². The SMILES string of the molecule is CC(C)CC(NC(=O)c1ccc(-c2ccccc2)cc1)C(=O)NC12CCCC1OCC2=O. The maximum absolute atomic E-state index is 13.2. The highest BCUT2D eigenvalue weighted by atomic mass is 16.5. The Bertz CT molecular complexity index is 987. The molecule has 2 aromatic carbocycles.